The van der Waals surface area contributed by atoms with Crippen LogP contribution in [0.25, 0.3) is 0 Å². The summed E-state index contributed by atoms with van der Waals surface area (Å²) in [6.07, 6.45) is 1.07. The fourth-order valence-corrected chi connectivity index (χ4v) is 2.45. The van der Waals surface area contributed by atoms with E-state index in [0.29, 0.717) is 11.3 Å². The molecule has 6 heteroatoms. The highest BCUT2D eigenvalue weighted by molar-refractivity contribution is 7.92. The lowest BCUT2D eigenvalue weighted by Gasteiger charge is -2.17. The number of anilines is 2. The van der Waals surface area contributed by atoms with Crippen LogP contribution < -0.4 is 9.62 Å². The minimum Gasteiger partial charge on any atom is -0.311 e. The van der Waals surface area contributed by atoms with E-state index in [2.05, 4.69) is 4.72 Å². The van der Waals surface area contributed by atoms with Crippen molar-refractivity contribution in [3.63, 3.8) is 0 Å². The number of carbonyl (C=O) groups is 1. The van der Waals surface area contributed by atoms with Crippen LogP contribution in [-0.2, 0) is 10.0 Å². The van der Waals surface area contributed by atoms with E-state index in [1.807, 2.05) is 30.3 Å². The lowest BCUT2D eigenvalue weighted by molar-refractivity contribution is 0.0993. The fraction of sp³-hybridized carbons (Fsp3) is 0.133. The van der Waals surface area contributed by atoms with Crippen molar-refractivity contribution < 1.29 is 13.2 Å². The molecule has 1 N–H and O–H groups in total. The first-order chi connectivity index (χ1) is 9.87. The number of rotatable bonds is 4. The zero-order valence-electron chi connectivity index (χ0n) is 11.8. The Balaban J connectivity index is 2.26. The molecule has 0 radical (unpaired) electrons. The second-order valence-electron chi connectivity index (χ2n) is 4.65. The van der Waals surface area contributed by atoms with Gasteiger partial charge in [0.25, 0.3) is 5.91 Å². The molecule has 0 atom stereocenters. The van der Waals surface area contributed by atoms with Gasteiger partial charge < -0.3 is 4.90 Å². The molecule has 0 aliphatic rings. The number of amides is 1. The number of hydrogen-bond acceptors (Lipinski definition) is 3. The quantitative estimate of drug-likeness (QED) is 0.942. The Kier molecular flexibility index (Phi) is 4.28. The molecular formula is C15H16N2O3S. The van der Waals surface area contributed by atoms with Crippen molar-refractivity contribution in [2.24, 2.45) is 0 Å². The van der Waals surface area contributed by atoms with Gasteiger partial charge in [-0.05, 0) is 30.3 Å². The highest BCUT2D eigenvalue weighted by Gasteiger charge is 2.14. The van der Waals surface area contributed by atoms with Gasteiger partial charge in [0.05, 0.1) is 6.26 Å². The molecule has 2 aromatic rings. The van der Waals surface area contributed by atoms with Gasteiger partial charge in [-0.1, -0.05) is 24.3 Å². The average molecular weight is 304 g/mol. The van der Waals surface area contributed by atoms with E-state index in [4.69, 9.17) is 0 Å². The SMILES string of the molecule is CN(C(=O)c1cccc(NS(C)(=O)=O)c1)c1ccccc1. The molecule has 21 heavy (non-hydrogen) atoms. The summed E-state index contributed by atoms with van der Waals surface area (Å²) in [5.74, 6) is -0.210. The van der Waals surface area contributed by atoms with E-state index < -0.39 is 10.0 Å². The molecule has 0 aromatic heterocycles. The number of carbonyl (C=O) groups excluding carboxylic acids is 1. The summed E-state index contributed by atoms with van der Waals surface area (Å²) in [7, 11) is -1.69. The summed E-state index contributed by atoms with van der Waals surface area (Å²) in [5.41, 5.74) is 1.55. The van der Waals surface area contributed by atoms with Crippen LogP contribution in [0.3, 0.4) is 0 Å². The van der Waals surface area contributed by atoms with Crippen molar-refractivity contribution in [1.29, 1.82) is 0 Å². The van der Waals surface area contributed by atoms with Crippen molar-refractivity contribution >= 4 is 27.3 Å². The first-order valence-corrected chi connectivity index (χ1v) is 8.17. The van der Waals surface area contributed by atoms with Crippen LogP contribution in [0.5, 0.6) is 0 Å². The molecule has 0 saturated heterocycles. The predicted molar refractivity (Wildman–Crippen MR) is 84.1 cm³/mol. The normalized spacial score (nSPS) is 11.0. The summed E-state index contributed by atoms with van der Waals surface area (Å²) in [6.45, 7) is 0. The summed E-state index contributed by atoms with van der Waals surface area (Å²) >= 11 is 0. The van der Waals surface area contributed by atoms with E-state index in [1.54, 1.807) is 25.2 Å². The van der Waals surface area contributed by atoms with E-state index in [9.17, 15) is 13.2 Å². The van der Waals surface area contributed by atoms with Crippen molar-refractivity contribution in [2.45, 2.75) is 0 Å². The lowest BCUT2D eigenvalue weighted by Crippen LogP contribution is -2.26. The van der Waals surface area contributed by atoms with E-state index in [0.717, 1.165) is 11.9 Å². The molecule has 0 saturated carbocycles. The number of nitrogens with zero attached hydrogens (tertiary/aromatic N) is 1. The monoisotopic (exact) mass is 304 g/mol. The smallest absolute Gasteiger partial charge is 0.258 e. The zero-order valence-corrected chi connectivity index (χ0v) is 12.6. The van der Waals surface area contributed by atoms with E-state index in [-0.39, 0.29) is 5.91 Å². The van der Waals surface area contributed by atoms with Gasteiger partial charge in [0.1, 0.15) is 0 Å². The number of hydrogen-bond donors (Lipinski definition) is 1. The summed E-state index contributed by atoms with van der Waals surface area (Å²) < 4.78 is 24.8. The predicted octanol–water partition coefficient (Wildman–Crippen LogP) is 2.33. The van der Waals surface area contributed by atoms with Gasteiger partial charge in [-0.15, -0.1) is 0 Å². The largest absolute Gasteiger partial charge is 0.311 e. The highest BCUT2D eigenvalue weighted by Crippen LogP contribution is 2.17. The number of sulfonamides is 1. The van der Waals surface area contributed by atoms with Gasteiger partial charge in [0, 0.05) is 24.0 Å². The Hall–Kier alpha value is -2.34. The molecule has 110 valence electrons. The summed E-state index contributed by atoms with van der Waals surface area (Å²) in [4.78, 5) is 13.9. The third kappa shape index (κ3) is 4.06. The van der Waals surface area contributed by atoms with Crippen LogP contribution in [0.4, 0.5) is 11.4 Å². The fourth-order valence-electron chi connectivity index (χ4n) is 1.89. The molecule has 2 aromatic carbocycles. The van der Waals surface area contributed by atoms with E-state index in [1.165, 1.54) is 11.0 Å². The summed E-state index contributed by atoms with van der Waals surface area (Å²) in [6, 6.07) is 15.6. The molecule has 0 unspecified atom stereocenters. The maximum absolute atomic E-state index is 12.4. The molecule has 0 fully saturated rings. The first-order valence-electron chi connectivity index (χ1n) is 6.28. The van der Waals surface area contributed by atoms with Crippen molar-refractivity contribution in [1.82, 2.24) is 0 Å². The van der Waals surface area contributed by atoms with Gasteiger partial charge in [-0.25, -0.2) is 8.42 Å². The third-order valence-electron chi connectivity index (χ3n) is 2.86. The molecule has 0 aliphatic carbocycles. The third-order valence-corrected chi connectivity index (χ3v) is 3.47. The zero-order chi connectivity index (χ0) is 15.5. The van der Waals surface area contributed by atoms with Crippen LogP contribution in [0.1, 0.15) is 10.4 Å². The maximum atomic E-state index is 12.4. The molecular weight excluding hydrogens is 288 g/mol. The minimum absolute atomic E-state index is 0.210. The first kappa shape index (κ1) is 15.1. The van der Waals surface area contributed by atoms with Crippen LogP contribution in [0, 0.1) is 0 Å². The van der Waals surface area contributed by atoms with E-state index >= 15 is 0 Å². The van der Waals surface area contributed by atoms with Crippen LogP contribution in [-0.4, -0.2) is 27.6 Å². The molecule has 0 spiro atoms. The van der Waals surface area contributed by atoms with Gasteiger partial charge in [-0.3, -0.25) is 9.52 Å². The Morgan fingerprint density at radius 1 is 1.05 bits per heavy atom. The number of benzene rings is 2. The molecule has 0 heterocycles. The second kappa shape index (κ2) is 5.97. The van der Waals surface area contributed by atoms with Crippen molar-refractivity contribution in [3.8, 4) is 0 Å². The Labute approximate surface area is 124 Å². The standard InChI is InChI=1S/C15H16N2O3S/c1-17(14-9-4-3-5-10-14)15(18)12-7-6-8-13(11-12)16-21(2,19)20/h3-11,16H,1-2H3. The van der Waals surface area contributed by atoms with Crippen molar-refractivity contribution in [2.75, 3.05) is 22.9 Å². The maximum Gasteiger partial charge on any atom is 0.258 e. The lowest BCUT2D eigenvalue weighted by atomic mass is 10.1. The van der Waals surface area contributed by atoms with Crippen LogP contribution in [0.2, 0.25) is 0 Å². The molecule has 0 bridgehead atoms. The van der Waals surface area contributed by atoms with Crippen molar-refractivity contribution in [3.05, 3.63) is 60.2 Å². The number of para-hydroxylation sites is 1. The Bertz CT molecular complexity index is 743. The van der Waals surface area contributed by atoms with Crippen LogP contribution >= 0.6 is 0 Å². The second-order valence-corrected chi connectivity index (χ2v) is 6.40. The molecule has 0 aliphatic heterocycles. The molecule has 2 rings (SSSR count). The Morgan fingerprint density at radius 2 is 1.71 bits per heavy atom. The molecule has 5 nitrogen and oxygen atoms in total. The van der Waals surface area contributed by atoms with Gasteiger partial charge >= 0.3 is 0 Å². The topological polar surface area (TPSA) is 66.5 Å². The Morgan fingerprint density at radius 3 is 2.33 bits per heavy atom. The van der Waals surface area contributed by atoms with Gasteiger partial charge in [0.15, 0.2) is 0 Å². The number of nitrogens with one attached hydrogen (secondary N) is 1. The highest BCUT2D eigenvalue weighted by atomic mass is 32.2. The van der Waals surface area contributed by atoms with Gasteiger partial charge in [-0.2, -0.15) is 0 Å². The average Bonchev–Trinajstić information content (AvgIpc) is 2.45. The van der Waals surface area contributed by atoms with Crippen LogP contribution in [0.15, 0.2) is 54.6 Å². The molecule has 1 amide bonds. The summed E-state index contributed by atoms with van der Waals surface area (Å²) in [5, 5.41) is 0. The minimum atomic E-state index is -3.37. The van der Waals surface area contributed by atoms with Gasteiger partial charge in [0.2, 0.25) is 10.0 Å².